The highest BCUT2D eigenvalue weighted by atomic mass is 35.5. The Morgan fingerprint density at radius 1 is 1.00 bits per heavy atom. The molecule has 2 heterocycles. The van der Waals surface area contributed by atoms with E-state index in [-0.39, 0.29) is 11.1 Å². The Balaban J connectivity index is 1.39. The van der Waals surface area contributed by atoms with Crippen LogP contribution in [0.1, 0.15) is 56.9 Å². The van der Waals surface area contributed by atoms with E-state index >= 15 is 0 Å². The second-order valence-corrected chi connectivity index (χ2v) is 11.1. The minimum atomic E-state index is 0.00601. The van der Waals surface area contributed by atoms with Crippen LogP contribution in [0.4, 0.5) is 4.79 Å². The van der Waals surface area contributed by atoms with E-state index in [1.54, 1.807) is 0 Å². The van der Waals surface area contributed by atoms with E-state index in [2.05, 4.69) is 59.1 Å². The number of hydrogen-bond donors (Lipinski definition) is 0. The third-order valence-electron chi connectivity index (χ3n) is 8.68. The zero-order chi connectivity index (χ0) is 21.6. The summed E-state index contributed by atoms with van der Waals surface area (Å²) in [5, 5.41) is 0. The lowest BCUT2D eigenvalue weighted by Crippen LogP contribution is -2.55. The van der Waals surface area contributed by atoms with Gasteiger partial charge in [0, 0.05) is 37.8 Å². The zero-order valence-corrected chi connectivity index (χ0v) is 19.9. The van der Waals surface area contributed by atoms with E-state index in [0.717, 1.165) is 70.6 Å². The highest BCUT2D eigenvalue weighted by molar-refractivity contribution is 6.13. The number of urea groups is 1. The van der Waals surface area contributed by atoms with Gasteiger partial charge in [0.05, 0.1) is 5.54 Å². The fourth-order valence-corrected chi connectivity index (χ4v) is 6.58. The zero-order valence-electron chi connectivity index (χ0n) is 19.1. The molecule has 2 aliphatic carbocycles. The molecule has 2 saturated carbocycles. The van der Waals surface area contributed by atoms with E-state index in [1.165, 1.54) is 18.4 Å². The van der Waals surface area contributed by atoms with E-state index in [0.29, 0.717) is 12.1 Å². The van der Waals surface area contributed by atoms with Gasteiger partial charge in [-0.3, -0.25) is 4.90 Å². The minimum Gasteiger partial charge on any atom is -0.319 e. The molecule has 6 heteroatoms. The van der Waals surface area contributed by atoms with Crippen LogP contribution in [0, 0.1) is 5.92 Å². The van der Waals surface area contributed by atoms with Crippen molar-refractivity contribution in [1.82, 2.24) is 19.1 Å². The molecule has 1 spiro atoms. The van der Waals surface area contributed by atoms with Crippen LogP contribution in [0.5, 0.6) is 0 Å². The van der Waals surface area contributed by atoms with Crippen molar-refractivity contribution in [2.75, 3.05) is 40.3 Å². The highest BCUT2D eigenvalue weighted by Gasteiger charge is 2.56. The van der Waals surface area contributed by atoms with Crippen LogP contribution in [0.2, 0.25) is 0 Å². The van der Waals surface area contributed by atoms with Gasteiger partial charge in [-0.05, 0) is 88.7 Å². The van der Waals surface area contributed by atoms with Gasteiger partial charge in [-0.2, -0.15) is 0 Å². The van der Waals surface area contributed by atoms with Crippen molar-refractivity contribution in [2.24, 2.45) is 5.92 Å². The lowest BCUT2D eigenvalue weighted by atomic mass is 9.68. The molecular weight excluding hydrogens is 408 g/mol. The maximum absolute atomic E-state index is 13.7. The van der Waals surface area contributed by atoms with E-state index in [4.69, 9.17) is 11.8 Å². The van der Waals surface area contributed by atoms with Gasteiger partial charge in [-0.15, -0.1) is 0 Å². The number of rotatable bonds is 5. The Bertz CT molecular complexity index is 780. The SMILES string of the molecule is CN(C)[C@]1(c2ccccc2)CC[C@]2(CC1)CN(C1CCN(Cl)CC1)C(=O)N2CC1CC1. The molecule has 4 fully saturated rings. The molecule has 2 amide bonds. The van der Waals surface area contributed by atoms with Gasteiger partial charge < -0.3 is 9.80 Å². The molecule has 0 atom stereocenters. The molecule has 170 valence electrons. The Kier molecular flexibility index (Phi) is 5.72. The van der Waals surface area contributed by atoms with E-state index in [1.807, 2.05) is 4.42 Å². The molecule has 2 saturated heterocycles. The lowest BCUT2D eigenvalue weighted by Gasteiger charge is -2.51. The number of carbonyl (C=O) groups is 1. The van der Waals surface area contributed by atoms with Gasteiger partial charge in [0.25, 0.3) is 0 Å². The topological polar surface area (TPSA) is 30.0 Å². The van der Waals surface area contributed by atoms with Crippen molar-refractivity contribution in [3.63, 3.8) is 0 Å². The molecule has 31 heavy (non-hydrogen) atoms. The fourth-order valence-electron chi connectivity index (χ4n) is 6.39. The summed E-state index contributed by atoms with van der Waals surface area (Å²) in [6, 6.07) is 11.6. The molecule has 0 aromatic heterocycles. The van der Waals surface area contributed by atoms with Gasteiger partial charge >= 0.3 is 6.03 Å². The van der Waals surface area contributed by atoms with E-state index < -0.39 is 0 Å². The number of nitrogens with zero attached hydrogens (tertiary/aromatic N) is 4. The molecule has 0 bridgehead atoms. The monoisotopic (exact) mass is 444 g/mol. The van der Waals surface area contributed by atoms with Crippen LogP contribution >= 0.6 is 11.8 Å². The third-order valence-corrected chi connectivity index (χ3v) is 9.02. The molecular formula is C25H37ClN4O. The molecule has 5 rings (SSSR count). The highest BCUT2D eigenvalue weighted by Crippen LogP contribution is 2.50. The van der Waals surface area contributed by atoms with Crippen LogP contribution in [0.3, 0.4) is 0 Å². The first-order chi connectivity index (χ1) is 14.9. The van der Waals surface area contributed by atoms with Crippen molar-refractivity contribution in [1.29, 1.82) is 0 Å². The summed E-state index contributed by atoms with van der Waals surface area (Å²) in [6.45, 7) is 3.63. The molecule has 1 aromatic carbocycles. The largest absolute Gasteiger partial charge is 0.320 e. The summed E-state index contributed by atoms with van der Waals surface area (Å²) < 4.78 is 1.88. The summed E-state index contributed by atoms with van der Waals surface area (Å²) in [5.74, 6) is 0.722. The average molecular weight is 445 g/mol. The third kappa shape index (κ3) is 3.87. The molecule has 0 unspecified atom stereocenters. The van der Waals surface area contributed by atoms with Crippen LogP contribution in [-0.4, -0.2) is 77.0 Å². The van der Waals surface area contributed by atoms with Crippen molar-refractivity contribution < 1.29 is 4.79 Å². The predicted octanol–water partition coefficient (Wildman–Crippen LogP) is 4.52. The first kappa shape index (κ1) is 21.5. The van der Waals surface area contributed by atoms with E-state index in [9.17, 15) is 4.79 Å². The Morgan fingerprint density at radius 3 is 2.23 bits per heavy atom. The molecule has 5 nitrogen and oxygen atoms in total. The van der Waals surface area contributed by atoms with Crippen LogP contribution in [0.25, 0.3) is 0 Å². The molecule has 4 aliphatic rings. The number of benzene rings is 1. The second-order valence-electron chi connectivity index (χ2n) is 10.6. The summed E-state index contributed by atoms with van der Waals surface area (Å²) in [4.78, 5) is 20.7. The summed E-state index contributed by atoms with van der Waals surface area (Å²) in [7, 11) is 4.44. The Labute approximate surface area is 192 Å². The summed E-state index contributed by atoms with van der Waals surface area (Å²) >= 11 is 6.21. The first-order valence-electron chi connectivity index (χ1n) is 12.2. The van der Waals surface area contributed by atoms with Crippen LogP contribution in [-0.2, 0) is 5.54 Å². The number of halogens is 1. The predicted molar refractivity (Wildman–Crippen MR) is 125 cm³/mol. The van der Waals surface area contributed by atoms with Gasteiger partial charge in [-0.1, -0.05) is 30.3 Å². The smallest absolute Gasteiger partial charge is 0.319 e. The van der Waals surface area contributed by atoms with Crippen molar-refractivity contribution in [3.8, 4) is 0 Å². The minimum absolute atomic E-state index is 0.00601. The standard InChI is InChI=1S/C25H37ClN4O/c1-27(2)25(21-6-4-3-5-7-21)14-12-24(13-15-25)19-29(22-10-16-28(26)17-11-22)23(31)30(24)18-20-8-9-20/h3-7,20,22H,8-19H2,1-2H3/t24-,25+. The normalized spacial score (nSPS) is 33.1. The first-order valence-corrected chi connectivity index (χ1v) is 12.5. The number of hydrogen-bond acceptors (Lipinski definition) is 3. The van der Waals surface area contributed by atoms with Gasteiger partial charge in [0.2, 0.25) is 0 Å². The van der Waals surface area contributed by atoms with Crippen molar-refractivity contribution in [3.05, 3.63) is 35.9 Å². The molecule has 1 aromatic rings. The Morgan fingerprint density at radius 2 is 1.65 bits per heavy atom. The lowest BCUT2D eigenvalue weighted by molar-refractivity contribution is 0.0224. The molecule has 2 aliphatic heterocycles. The van der Waals surface area contributed by atoms with Crippen LogP contribution in [0.15, 0.2) is 30.3 Å². The van der Waals surface area contributed by atoms with Crippen LogP contribution < -0.4 is 0 Å². The number of piperidine rings is 1. The number of carbonyl (C=O) groups excluding carboxylic acids is 1. The molecule has 0 radical (unpaired) electrons. The summed E-state index contributed by atoms with van der Waals surface area (Å²) in [6.07, 6.45) is 8.94. The van der Waals surface area contributed by atoms with Gasteiger partial charge in [0.15, 0.2) is 0 Å². The van der Waals surface area contributed by atoms with Gasteiger partial charge in [-0.25, -0.2) is 9.21 Å². The Hall–Kier alpha value is -1.30. The maximum atomic E-state index is 13.7. The fraction of sp³-hybridized carbons (Fsp3) is 0.720. The number of amides is 2. The van der Waals surface area contributed by atoms with Crippen molar-refractivity contribution >= 4 is 17.8 Å². The second kappa shape index (κ2) is 8.24. The van der Waals surface area contributed by atoms with Crippen molar-refractivity contribution in [2.45, 2.75) is 68.5 Å². The average Bonchev–Trinajstić information content (AvgIpc) is 3.57. The maximum Gasteiger partial charge on any atom is 0.320 e. The molecule has 0 N–H and O–H groups in total. The van der Waals surface area contributed by atoms with Gasteiger partial charge in [0.1, 0.15) is 0 Å². The quantitative estimate of drug-likeness (QED) is 0.625. The summed E-state index contributed by atoms with van der Waals surface area (Å²) in [5.41, 5.74) is 1.49.